The molecule has 1 N–H and O–H groups in total. The smallest absolute Gasteiger partial charge is 0.123 e. The second-order valence-corrected chi connectivity index (χ2v) is 5.35. The summed E-state index contributed by atoms with van der Waals surface area (Å²) < 4.78 is 5.50. The van der Waals surface area contributed by atoms with Crippen molar-refractivity contribution >= 4 is 0 Å². The Bertz CT molecular complexity index is 379. The van der Waals surface area contributed by atoms with E-state index >= 15 is 0 Å². The molecule has 3 heteroatoms. The Labute approximate surface area is 110 Å². The Morgan fingerprint density at radius 1 is 1.39 bits per heavy atom. The Hall–Kier alpha value is -1.06. The fourth-order valence-electron chi connectivity index (χ4n) is 2.68. The van der Waals surface area contributed by atoms with Gasteiger partial charge in [0.15, 0.2) is 0 Å². The lowest BCUT2D eigenvalue weighted by atomic mass is 10.0. The van der Waals surface area contributed by atoms with Gasteiger partial charge in [-0.3, -0.25) is 4.90 Å². The molecule has 1 aromatic carbocycles. The standard InChI is InChI=1S/C15H24N2O/c1-12(2)11-17-9-8-16-10-14(17)13-6-4-5-7-15(13)18-3/h4-7,12,14,16H,8-11H2,1-3H3. The monoisotopic (exact) mass is 248 g/mol. The van der Waals surface area contributed by atoms with E-state index < -0.39 is 0 Å². The van der Waals surface area contributed by atoms with Crippen LogP contribution in [-0.4, -0.2) is 38.2 Å². The van der Waals surface area contributed by atoms with Crippen molar-refractivity contribution in [2.75, 3.05) is 33.3 Å². The molecule has 18 heavy (non-hydrogen) atoms. The average molecular weight is 248 g/mol. The summed E-state index contributed by atoms with van der Waals surface area (Å²) in [5, 5.41) is 3.49. The number of nitrogens with one attached hydrogen (secondary N) is 1. The molecule has 1 atom stereocenters. The van der Waals surface area contributed by atoms with Crippen molar-refractivity contribution in [3.05, 3.63) is 29.8 Å². The number of rotatable bonds is 4. The number of hydrogen-bond donors (Lipinski definition) is 1. The van der Waals surface area contributed by atoms with Gasteiger partial charge in [-0.25, -0.2) is 0 Å². The first-order valence-corrected chi connectivity index (χ1v) is 6.80. The van der Waals surface area contributed by atoms with Gasteiger partial charge >= 0.3 is 0 Å². The third-order valence-electron chi connectivity index (χ3n) is 3.45. The van der Waals surface area contributed by atoms with E-state index in [9.17, 15) is 0 Å². The summed E-state index contributed by atoms with van der Waals surface area (Å²) >= 11 is 0. The van der Waals surface area contributed by atoms with E-state index in [0.717, 1.165) is 31.9 Å². The SMILES string of the molecule is COc1ccccc1C1CNCCN1CC(C)C. The van der Waals surface area contributed by atoms with E-state index in [1.54, 1.807) is 7.11 Å². The fraction of sp³-hybridized carbons (Fsp3) is 0.600. The maximum Gasteiger partial charge on any atom is 0.123 e. The third kappa shape index (κ3) is 3.03. The zero-order chi connectivity index (χ0) is 13.0. The van der Waals surface area contributed by atoms with Crippen LogP contribution >= 0.6 is 0 Å². The van der Waals surface area contributed by atoms with Crippen molar-refractivity contribution in [1.29, 1.82) is 0 Å². The molecule has 100 valence electrons. The van der Waals surface area contributed by atoms with Gasteiger partial charge in [0.05, 0.1) is 13.2 Å². The topological polar surface area (TPSA) is 24.5 Å². The van der Waals surface area contributed by atoms with Crippen molar-refractivity contribution in [3.63, 3.8) is 0 Å². The van der Waals surface area contributed by atoms with E-state index in [4.69, 9.17) is 4.74 Å². The maximum absolute atomic E-state index is 5.50. The molecule has 1 aromatic rings. The van der Waals surface area contributed by atoms with Gasteiger partial charge < -0.3 is 10.1 Å². The lowest BCUT2D eigenvalue weighted by molar-refractivity contribution is 0.142. The van der Waals surface area contributed by atoms with Gasteiger partial charge in [0, 0.05) is 31.7 Å². The Morgan fingerprint density at radius 3 is 2.89 bits per heavy atom. The molecule has 0 spiro atoms. The van der Waals surface area contributed by atoms with Crippen molar-refractivity contribution in [3.8, 4) is 5.75 Å². The Kier molecular flexibility index (Phi) is 4.61. The third-order valence-corrected chi connectivity index (χ3v) is 3.45. The van der Waals surface area contributed by atoms with Crippen molar-refractivity contribution in [2.24, 2.45) is 5.92 Å². The quantitative estimate of drug-likeness (QED) is 0.885. The van der Waals surface area contributed by atoms with Crippen molar-refractivity contribution in [2.45, 2.75) is 19.9 Å². The molecule has 1 aliphatic heterocycles. The maximum atomic E-state index is 5.50. The van der Waals surface area contributed by atoms with Gasteiger partial charge in [0.2, 0.25) is 0 Å². The molecule has 0 bridgehead atoms. The number of methoxy groups -OCH3 is 1. The molecule has 0 saturated carbocycles. The number of hydrogen-bond acceptors (Lipinski definition) is 3. The van der Waals surface area contributed by atoms with Crippen LogP contribution in [0.5, 0.6) is 5.75 Å². The molecule has 3 nitrogen and oxygen atoms in total. The lowest BCUT2D eigenvalue weighted by Gasteiger charge is -2.38. The number of ether oxygens (including phenoxy) is 1. The normalized spacial score (nSPS) is 21.2. The van der Waals surface area contributed by atoms with Gasteiger partial charge in [0.1, 0.15) is 5.75 Å². The molecule has 0 aliphatic carbocycles. The molecule has 0 radical (unpaired) electrons. The highest BCUT2D eigenvalue weighted by atomic mass is 16.5. The highest BCUT2D eigenvalue weighted by Gasteiger charge is 2.26. The lowest BCUT2D eigenvalue weighted by Crippen LogP contribution is -2.47. The van der Waals surface area contributed by atoms with E-state index in [1.165, 1.54) is 5.56 Å². The Morgan fingerprint density at radius 2 is 2.17 bits per heavy atom. The summed E-state index contributed by atoms with van der Waals surface area (Å²) in [5.74, 6) is 1.69. The predicted molar refractivity (Wildman–Crippen MR) is 75.0 cm³/mol. The van der Waals surface area contributed by atoms with Crippen molar-refractivity contribution in [1.82, 2.24) is 10.2 Å². The van der Waals surface area contributed by atoms with Crippen molar-refractivity contribution < 1.29 is 4.74 Å². The minimum Gasteiger partial charge on any atom is -0.496 e. The number of piperazine rings is 1. The number of nitrogens with zero attached hydrogens (tertiary/aromatic N) is 1. The summed E-state index contributed by atoms with van der Waals surface area (Å²) in [6, 6.07) is 8.80. The van der Waals surface area contributed by atoms with Crippen LogP contribution in [-0.2, 0) is 0 Å². The molecule has 1 aliphatic rings. The minimum absolute atomic E-state index is 0.428. The summed E-state index contributed by atoms with van der Waals surface area (Å²) in [6.07, 6.45) is 0. The molecular formula is C15H24N2O. The first-order valence-electron chi connectivity index (χ1n) is 6.80. The molecule has 0 aromatic heterocycles. The van der Waals surface area contributed by atoms with Gasteiger partial charge in [-0.15, -0.1) is 0 Å². The van der Waals surface area contributed by atoms with E-state index in [2.05, 4.69) is 42.3 Å². The van der Waals surface area contributed by atoms with Crippen LogP contribution in [0.1, 0.15) is 25.5 Å². The molecule has 2 rings (SSSR count). The zero-order valence-electron chi connectivity index (χ0n) is 11.6. The second kappa shape index (κ2) is 6.21. The van der Waals surface area contributed by atoms with E-state index in [-0.39, 0.29) is 0 Å². The molecule has 0 amide bonds. The molecule has 1 unspecified atom stereocenters. The zero-order valence-corrected chi connectivity index (χ0v) is 11.6. The first-order chi connectivity index (χ1) is 8.72. The number of benzene rings is 1. The van der Waals surface area contributed by atoms with Gasteiger partial charge in [-0.05, 0) is 12.0 Å². The number of para-hydroxylation sites is 1. The van der Waals surface area contributed by atoms with Crippen LogP contribution in [0.15, 0.2) is 24.3 Å². The molecule has 1 heterocycles. The van der Waals surface area contributed by atoms with Crippen LogP contribution in [0.4, 0.5) is 0 Å². The van der Waals surface area contributed by atoms with Gasteiger partial charge in [-0.2, -0.15) is 0 Å². The summed E-state index contributed by atoms with van der Waals surface area (Å²) in [7, 11) is 1.75. The summed E-state index contributed by atoms with van der Waals surface area (Å²) in [5.41, 5.74) is 1.30. The fourth-order valence-corrected chi connectivity index (χ4v) is 2.68. The van der Waals surface area contributed by atoms with E-state index in [0.29, 0.717) is 12.0 Å². The predicted octanol–water partition coefficient (Wildman–Crippen LogP) is 2.30. The molecule has 1 saturated heterocycles. The highest BCUT2D eigenvalue weighted by molar-refractivity contribution is 5.36. The van der Waals surface area contributed by atoms with Crippen LogP contribution in [0.25, 0.3) is 0 Å². The summed E-state index contributed by atoms with van der Waals surface area (Å²) in [4.78, 5) is 2.57. The van der Waals surface area contributed by atoms with Crippen LogP contribution in [0, 0.1) is 5.92 Å². The van der Waals surface area contributed by atoms with Crippen LogP contribution < -0.4 is 10.1 Å². The van der Waals surface area contributed by atoms with E-state index in [1.807, 2.05) is 6.07 Å². The average Bonchev–Trinajstić information content (AvgIpc) is 2.39. The van der Waals surface area contributed by atoms with Gasteiger partial charge in [-0.1, -0.05) is 32.0 Å². The second-order valence-electron chi connectivity index (χ2n) is 5.35. The summed E-state index contributed by atoms with van der Waals surface area (Å²) in [6.45, 7) is 8.90. The Balaban J connectivity index is 2.22. The van der Waals surface area contributed by atoms with Crippen LogP contribution in [0.2, 0.25) is 0 Å². The molecule has 1 fully saturated rings. The molecular weight excluding hydrogens is 224 g/mol. The first kappa shape index (κ1) is 13.4. The largest absolute Gasteiger partial charge is 0.496 e. The highest BCUT2D eigenvalue weighted by Crippen LogP contribution is 2.30. The van der Waals surface area contributed by atoms with Crippen LogP contribution in [0.3, 0.4) is 0 Å². The van der Waals surface area contributed by atoms with Gasteiger partial charge in [0.25, 0.3) is 0 Å². The minimum atomic E-state index is 0.428.